The Balaban J connectivity index is 2.27. The third-order valence-corrected chi connectivity index (χ3v) is 2.96. The van der Waals surface area contributed by atoms with Crippen LogP contribution in [0.5, 0.6) is 0 Å². The maximum Gasteiger partial charge on any atom is 0.250 e. The normalized spacial score (nSPS) is 16.5. The molecule has 0 aliphatic carbocycles. The summed E-state index contributed by atoms with van der Waals surface area (Å²) < 4.78 is 5.24. The summed E-state index contributed by atoms with van der Waals surface area (Å²) in [6, 6.07) is 3.09. The number of hydrogen-bond donors (Lipinski definition) is 3. The maximum absolute atomic E-state index is 11.4. The lowest BCUT2D eigenvalue weighted by Gasteiger charge is -2.29. The van der Waals surface area contributed by atoms with Crippen molar-refractivity contribution in [2.45, 2.75) is 0 Å². The van der Waals surface area contributed by atoms with Crippen LogP contribution < -0.4 is 16.9 Å². The minimum atomic E-state index is -0.569. The van der Waals surface area contributed by atoms with Crippen LogP contribution in [0, 0.1) is 0 Å². The average Bonchev–Trinajstić information content (AvgIpc) is 2.33. The van der Waals surface area contributed by atoms with E-state index < -0.39 is 5.91 Å². The molecule has 0 radical (unpaired) electrons. The van der Waals surface area contributed by atoms with Crippen LogP contribution in [0.15, 0.2) is 12.1 Å². The van der Waals surface area contributed by atoms with E-state index in [4.69, 9.17) is 27.8 Å². The van der Waals surface area contributed by atoms with Crippen LogP contribution >= 0.6 is 11.6 Å². The Morgan fingerprint density at radius 1 is 1.39 bits per heavy atom. The van der Waals surface area contributed by atoms with Crippen molar-refractivity contribution in [1.29, 1.82) is 0 Å². The molecule has 0 atom stereocenters. The summed E-state index contributed by atoms with van der Waals surface area (Å²) in [5.41, 5.74) is 15.2. The van der Waals surface area contributed by atoms with Gasteiger partial charge in [0, 0.05) is 18.8 Å². The van der Waals surface area contributed by atoms with Crippen molar-refractivity contribution in [3.05, 3.63) is 22.7 Å². The summed E-state index contributed by atoms with van der Waals surface area (Å²) in [5, 5.41) is 2.29. The van der Waals surface area contributed by atoms with E-state index in [0.717, 1.165) is 0 Å². The number of carbonyl (C=O) groups is 1. The largest absolute Gasteiger partial charge is 0.399 e. The lowest BCUT2D eigenvalue weighted by molar-refractivity contribution is 0.0496. The molecule has 2 rings (SSSR count). The Morgan fingerprint density at radius 2 is 2.06 bits per heavy atom. The molecule has 98 valence electrons. The van der Waals surface area contributed by atoms with Gasteiger partial charge < -0.3 is 21.6 Å². The van der Waals surface area contributed by atoms with Gasteiger partial charge in [0.2, 0.25) is 0 Å². The first kappa shape index (κ1) is 12.9. The van der Waals surface area contributed by atoms with Crippen molar-refractivity contribution < 1.29 is 9.53 Å². The van der Waals surface area contributed by atoms with Crippen molar-refractivity contribution in [3.8, 4) is 0 Å². The predicted molar refractivity (Wildman–Crippen MR) is 70.4 cm³/mol. The maximum atomic E-state index is 11.4. The van der Waals surface area contributed by atoms with Gasteiger partial charge >= 0.3 is 0 Å². The molecule has 0 saturated carbocycles. The van der Waals surface area contributed by atoms with E-state index >= 15 is 0 Å². The molecule has 1 aromatic carbocycles. The van der Waals surface area contributed by atoms with Crippen LogP contribution in [0.1, 0.15) is 10.4 Å². The van der Waals surface area contributed by atoms with Crippen LogP contribution in [-0.2, 0) is 4.74 Å². The molecular weight excluding hydrogens is 256 g/mol. The van der Waals surface area contributed by atoms with Gasteiger partial charge in [-0.25, -0.2) is 5.01 Å². The van der Waals surface area contributed by atoms with Crippen LogP contribution in [0.3, 0.4) is 0 Å². The molecule has 0 unspecified atom stereocenters. The lowest BCUT2D eigenvalue weighted by Crippen LogP contribution is -2.40. The highest BCUT2D eigenvalue weighted by Crippen LogP contribution is 2.29. The smallest absolute Gasteiger partial charge is 0.250 e. The van der Waals surface area contributed by atoms with Crippen molar-refractivity contribution in [2.24, 2.45) is 5.73 Å². The zero-order valence-corrected chi connectivity index (χ0v) is 10.5. The lowest BCUT2D eigenvalue weighted by atomic mass is 10.1. The quantitative estimate of drug-likeness (QED) is 0.702. The van der Waals surface area contributed by atoms with Crippen molar-refractivity contribution in [3.63, 3.8) is 0 Å². The first-order valence-electron chi connectivity index (χ1n) is 5.56. The number of hydrazine groups is 1. The van der Waals surface area contributed by atoms with Gasteiger partial charge in [-0.15, -0.1) is 0 Å². The molecular formula is C11H15ClN4O2. The Hall–Kier alpha value is -1.50. The number of rotatable bonds is 3. The number of amides is 1. The minimum Gasteiger partial charge on any atom is -0.399 e. The zero-order valence-electron chi connectivity index (χ0n) is 9.78. The highest BCUT2D eigenvalue weighted by atomic mass is 35.5. The third kappa shape index (κ3) is 2.84. The number of hydrogen-bond acceptors (Lipinski definition) is 5. The molecule has 5 N–H and O–H groups in total. The molecule has 0 bridgehead atoms. The predicted octanol–water partition coefficient (Wildman–Crippen LogP) is 0.680. The Kier molecular flexibility index (Phi) is 3.90. The van der Waals surface area contributed by atoms with Crippen LogP contribution in [0.25, 0.3) is 0 Å². The minimum absolute atomic E-state index is 0.284. The first-order chi connectivity index (χ1) is 8.58. The van der Waals surface area contributed by atoms with Gasteiger partial charge in [-0.1, -0.05) is 11.6 Å². The molecule has 7 heteroatoms. The molecule has 1 aliphatic heterocycles. The number of ether oxygens (including phenoxy) is 1. The fourth-order valence-electron chi connectivity index (χ4n) is 1.77. The summed E-state index contributed by atoms with van der Waals surface area (Å²) >= 11 is 6.09. The van der Waals surface area contributed by atoms with Crippen LogP contribution in [-0.4, -0.2) is 37.2 Å². The van der Waals surface area contributed by atoms with E-state index in [0.29, 0.717) is 42.7 Å². The van der Waals surface area contributed by atoms with Gasteiger partial charge in [-0.05, 0) is 12.1 Å². The average molecular weight is 271 g/mol. The molecule has 1 heterocycles. The van der Waals surface area contributed by atoms with Crippen LogP contribution in [0.2, 0.25) is 5.02 Å². The number of halogens is 1. The number of morpholine rings is 1. The molecule has 1 amide bonds. The fraction of sp³-hybridized carbons (Fsp3) is 0.364. The van der Waals surface area contributed by atoms with Gasteiger partial charge in [0.05, 0.1) is 29.5 Å². The number of anilines is 2. The Morgan fingerprint density at radius 3 is 2.67 bits per heavy atom. The van der Waals surface area contributed by atoms with Crippen molar-refractivity contribution in [2.75, 3.05) is 37.5 Å². The second-order valence-electron chi connectivity index (χ2n) is 4.00. The second-order valence-corrected chi connectivity index (χ2v) is 4.41. The molecule has 6 nitrogen and oxygen atoms in total. The molecule has 1 aromatic rings. The Bertz CT molecular complexity index is 461. The van der Waals surface area contributed by atoms with Crippen molar-refractivity contribution >= 4 is 28.9 Å². The van der Waals surface area contributed by atoms with Crippen molar-refractivity contribution in [1.82, 2.24) is 5.01 Å². The molecule has 0 aromatic heterocycles. The zero-order chi connectivity index (χ0) is 13.1. The summed E-state index contributed by atoms with van der Waals surface area (Å²) in [4.78, 5) is 11.4. The molecule has 18 heavy (non-hydrogen) atoms. The topological polar surface area (TPSA) is 93.6 Å². The molecule has 1 fully saturated rings. The van der Waals surface area contributed by atoms with E-state index in [1.165, 1.54) is 6.07 Å². The van der Waals surface area contributed by atoms with E-state index in [1.54, 1.807) is 6.07 Å². The Labute approximate surface area is 110 Å². The number of primary amides is 1. The second kappa shape index (κ2) is 5.43. The van der Waals surface area contributed by atoms with Gasteiger partial charge in [-0.3, -0.25) is 4.79 Å². The van der Waals surface area contributed by atoms with E-state index in [9.17, 15) is 4.79 Å². The number of carbonyl (C=O) groups excluding carboxylic acids is 1. The van der Waals surface area contributed by atoms with E-state index in [1.807, 2.05) is 5.01 Å². The molecule has 0 spiro atoms. The summed E-state index contributed by atoms with van der Waals surface area (Å²) in [7, 11) is 0. The van der Waals surface area contributed by atoms with E-state index in [2.05, 4.69) is 5.43 Å². The number of nitrogens with zero attached hydrogens (tertiary/aromatic N) is 1. The molecule has 1 saturated heterocycles. The highest BCUT2D eigenvalue weighted by Gasteiger charge is 2.17. The van der Waals surface area contributed by atoms with E-state index in [-0.39, 0.29) is 5.56 Å². The third-order valence-electron chi connectivity index (χ3n) is 2.66. The number of benzene rings is 1. The number of nitrogen functional groups attached to an aromatic ring is 1. The van der Waals surface area contributed by atoms with Gasteiger partial charge in [0.25, 0.3) is 5.91 Å². The SMILES string of the molecule is NC(=O)c1cc(N)cc(Cl)c1NN1CCOCC1. The summed E-state index contributed by atoms with van der Waals surface area (Å²) in [6.45, 7) is 2.68. The standard InChI is InChI=1S/C11H15ClN4O2/c12-9-6-7(13)5-8(11(14)17)10(9)15-16-1-3-18-4-2-16/h5-6,15H,1-4,13H2,(H2,14,17). The first-order valence-corrected chi connectivity index (χ1v) is 5.94. The number of nitrogens with one attached hydrogen (secondary N) is 1. The van der Waals surface area contributed by atoms with Crippen LogP contribution in [0.4, 0.5) is 11.4 Å². The van der Waals surface area contributed by atoms with Gasteiger partial charge in [0.15, 0.2) is 0 Å². The fourth-order valence-corrected chi connectivity index (χ4v) is 2.04. The van der Waals surface area contributed by atoms with Gasteiger partial charge in [0.1, 0.15) is 0 Å². The summed E-state index contributed by atoms with van der Waals surface area (Å²) in [5.74, 6) is -0.569. The number of nitrogens with two attached hydrogens (primary N) is 2. The molecule has 1 aliphatic rings. The highest BCUT2D eigenvalue weighted by molar-refractivity contribution is 6.34. The summed E-state index contributed by atoms with van der Waals surface area (Å²) in [6.07, 6.45) is 0. The van der Waals surface area contributed by atoms with Gasteiger partial charge in [-0.2, -0.15) is 0 Å². The monoisotopic (exact) mass is 270 g/mol.